The molecule has 2 aromatic rings. The number of nitrogens with one attached hydrogen (secondary N) is 1. The molecule has 0 radical (unpaired) electrons. The van der Waals surface area contributed by atoms with Crippen LogP contribution in [0, 0.1) is 0 Å². The molecule has 1 N–H and O–H groups in total. The summed E-state index contributed by atoms with van der Waals surface area (Å²) >= 11 is 1.63. The van der Waals surface area contributed by atoms with Crippen LogP contribution in [-0.2, 0) is 4.79 Å². The maximum absolute atomic E-state index is 12.4. The van der Waals surface area contributed by atoms with E-state index in [4.69, 9.17) is 4.74 Å². The summed E-state index contributed by atoms with van der Waals surface area (Å²) in [6.45, 7) is -2.98. The number of amides is 1. The van der Waals surface area contributed by atoms with Gasteiger partial charge < -0.3 is 14.8 Å². The molecule has 0 saturated heterocycles. The van der Waals surface area contributed by atoms with Crippen molar-refractivity contribution in [3.8, 4) is 11.5 Å². The lowest BCUT2D eigenvalue weighted by molar-refractivity contribution is -0.111. The minimum Gasteiger partial charge on any atom is -0.493 e. The van der Waals surface area contributed by atoms with E-state index in [-0.39, 0.29) is 17.4 Å². The van der Waals surface area contributed by atoms with Crippen molar-refractivity contribution in [3.63, 3.8) is 0 Å². The minimum atomic E-state index is -2.98. The molecule has 0 heterocycles. The predicted molar refractivity (Wildman–Crippen MR) is 95.5 cm³/mol. The first-order valence-corrected chi connectivity index (χ1v) is 8.50. The van der Waals surface area contributed by atoms with Gasteiger partial charge in [-0.15, -0.1) is 11.8 Å². The van der Waals surface area contributed by atoms with Crippen LogP contribution in [0.5, 0.6) is 11.5 Å². The molecule has 0 spiro atoms. The van der Waals surface area contributed by atoms with Crippen molar-refractivity contribution in [2.45, 2.75) is 11.5 Å². The molecular weight excluding hydrogens is 348 g/mol. The summed E-state index contributed by atoms with van der Waals surface area (Å²) in [5.41, 5.74) is 1.20. The van der Waals surface area contributed by atoms with Crippen LogP contribution in [0.4, 0.5) is 14.5 Å². The topological polar surface area (TPSA) is 47.6 Å². The lowest BCUT2D eigenvalue weighted by Gasteiger charge is -2.11. The lowest BCUT2D eigenvalue weighted by Crippen LogP contribution is -2.09. The first-order valence-electron chi connectivity index (χ1n) is 7.28. The average molecular weight is 365 g/mol. The zero-order valence-electron chi connectivity index (χ0n) is 13.7. The van der Waals surface area contributed by atoms with E-state index in [0.29, 0.717) is 5.69 Å². The molecule has 1 amide bonds. The molecule has 132 valence electrons. The molecule has 2 rings (SSSR count). The van der Waals surface area contributed by atoms with Crippen LogP contribution >= 0.6 is 11.8 Å². The van der Waals surface area contributed by atoms with E-state index in [1.807, 2.05) is 30.5 Å². The normalized spacial score (nSPS) is 10.9. The predicted octanol–water partition coefficient (Wildman–Crippen LogP) is 4.67. The largest absolute Gasteiger partial charge is 0.493 e. The highest BCUT2D eigenvalue weighted by atomic mass is 32.2. The Morgan fingerprint density at radius 1 is 1.16 bits per heavy atom. The van der Waals surface area contributed by atoms with Crippen LogP contribution < -0.4 is 14.8 Å². The van der Waals surface area contributed by atoms with Crippen molar-refractivity contribution >= 4 is 29.4 Å². The Morgan fingerprint density at radius 3 is 2.48 bits per heavy atom. The fraction of sp³-hybridized carbons (Fsp3) is 0.167. The molecule has 0 aromatic heterocycles. The highest BCUT2D eigenvalue weighted by Gasteiger charge is 2.11. The van der Waals surface area contributed by atoms with E-state index in [0.717, 1.165) is 10.5 Å². The van der Waals surface area contributed by atoms with Gasteiger partial charge in [-0.2, -0.15) is 8.78 Å². The number of carbonyl (C=O) groups excluding carboxylic acids is 1. The molecule has 0 bridgehead atoms. The number of ether oxygens (including phenoxy) is 2. The smallest absolute Gasteiger partial charge is 0.387 e. The second kappa shape index (κ2) is 9.08. The van der Waals surface area contributed by atoms with Crippen molar-refractivity contribution < 1.29 is 23.0 Å². The van der Waals surface area contributed by atoms with Gasteiger partial charge in [0.05, 0.1) is 7.11 Å². The summed E-state index contributed by atoms with van der Waals surface area (Å²) in [7, 11) is 1.34. The van der Waals surface area contributed by atoms with Gasteiger partial charge in [0, 0.05) is 22.7 Å². The summed E-state index contributed by atoms with van der Waals surface area (Å²) in [6.07, 6.45) is 5.02. The zero-order chi connectivity index (χ0) is 18.2. The lowest BCUT2D eigenvalue weighted by atomic mass is 10.2. The van der Waals surface area contributed by atoms with E-state index in [1.165, 1.54) is 31.4 Å². The van der Waals surface area contributed by atoms with Gasteiger partial charge in [0.2, 0.25) is 5.91 Å². The van der Waals surface area contributed by atoms with Crippen LogP contribution in [0.25, 0.3) is 6.08 Å². The van der Waals surface area contributed by atoms with Gasteiger partial charge >= 0.3 is 6.61 Å². The molecule has 0 unspecified atom stereocenters. The first-order chi connectivity index (χ1) is 12.0. The number of benzene rings is 2. The van der Waals surface area contributed by atoms with Crippen LogP contribution in [0.2, 0.25) is 0 Å². The number of hydrogen-bond acceptors (Lipinski definition) is 4. The summed E-state index contributed by atoms with van der Waals surface area (Å²) in [4.78, 5) is 13.1. The Balaban J connectivity index is 2.05. The molecule has 0 aliphatic heterocycles. The van der Waals surface area contributed by atoms with Crippen molar-refractivity contribution in [1.82, 2.24) is 0 Å². The van der Waals surface area contributed by atoms with Crippen molar-refractivity contribution in [2.24, 2.45) is 0 Å². The fourth-order valence-electron chi connectivity index (χ4n) is 2.01. The SMILES string of the molecule is COc1ccc(NC(=O)/C=C/c2ccc(SC)cc2)cc1OC(F)F. The molecule has 2 aromatic carbocycles. The maximum Gasteiger partial charge on any atom is 0.387 e. The quantitative estimate of drug-likeness (QED) is 0.572. The number of rotatable bonds is 7. The number of anilines is 1. The highest BCUT2D eigenvalue weighted by molar-refractivity contribution is 7.98. The monoisotopic (exact) mass is 365 g/mol. The van der Waals surface area contributed by atoms with Crippen molar-refractivity contribution in [2.75, 3.05) is 18.7 Å². The van der Waals surface area contributed by atoms with Gasteiger partial charge in [0.25, 0.3) is 0 Å². The molecular formula is C18H17F2NO3S. The first kappa shape index (κ1) is 18.8. The molecule has 0 atom stereocenters. The van der Waals surface area contributed by atoms with Gasteiger partial charge in [-0.3, -0.25) is 4.79 Å². The summed E-state index contributed by atoms with van der Waals surface area (Å²) in [6, 6.07) is 12.0. The molecule has 25 heavy (non-hydrogen) atoms. The van der Waals surface area contributed by atoms with E-state index in [9.17, 15) is 13.6 Å². The summed E-state index contributed by atoms with van der Waals surface area (Å²) in [5.74, 6) is -0.378. The third kappa shape index (κ3) is 5.79. The minimum absolute atomic E-state index is 0.146. The molecule has 0 fully saturated rings. The Hall–Kier alpha value is -2.54. The Kier molecular flexibility index (Phi) is 6.82. The second-order valence-electron chi connectivity index (χ2n) is 4.84. The molecule has 4 nitrogen and oxygen atoms in total. The Bertz CT molecular complexity index is 748. The zero-order valence-corrected chi connectivity index (χ0v) is 14.5. The van der Waals surface area contributed by atoms with E-state index in [2.05, 4.69) is 10.1 Å². The van der Waals surface area contributed by atoms with Crippen LogP contribution in [0.3, 0.4) is 0 Å². The Morgan fingerprint density at radius 2 is 1.88 bits per heavy atom. The van der Waals surface area contributed by atoms with Crippen molar-refractivity contribution in [3.05, 3.63) is 54.1 Å². The molecule has 0 aliphatic carbocycles. The number of alkyl halides is 2. The average Bonchev–Trinajstić information content (AvgIpc) is 2.60. The van der Waals surface area contributed by atoms with E-state index in [1.54, 1.807) is 17.8 Å². The van der Waals surface area contributed by atoms with Crippen LogP contribution in [0.1, 0.15) is 5.56 Å². The number of methoxy groups -OCH3 is 1. The van der Waals surface area contributed by atoms with Gasteiger partial charge in [-0.25, -0.2) is 0 Å². The van der Waals surface area contributed by atoms with Gasteiger partial charge in [-0.05, 0) is 42.2 Å². The van der Waals surface area contributed by atoms with Crippen LogP contribution in [0.15, 0.2) is 53.4 Å². The third-order valence-corrected chi connectivity index (χ3v) is 3.93. The summed E-state index contributed by atoms with van der Waals surface area (Å²) < 4.78 is 34.2. The Labute approximate surface area is 148 Å². The summed E-state index contributed by atoms with van der Waals surface area (Å²) in [5, 5.41) is 2.59. The van der Waals surface area contributed by atoms with Crippen LogP contribution in [-0.4, -0.2) is 25.9 Å². The second-order valence-corrected chi connectivity index (χ2v) is 5.72. The molecule has 0 saturated carbocycles. The number of thioether (sulfide) groups is 1. The van der Waals surface area contributed by atoms with E-state index >= 15 is 0 Å². The maximum atomic E-state index is 12.4. The number of halogens is 2. The fourth-order valence-corrected chi connectivity index (χ4v) is 2.42. The van der Waals surface area contributed by atoms with Gasteiger partial charge in [0.1, 0.15) is 0 Å². The third-order valence-electron chi connectivity index (χ3n) is 3.19. The highest BCUT2D eigenvalue weighted by Crippen LogP contribution is 2.31. The standard InChI is InChI=1S/C18H17F2NO3S/c1-23-15-9-6-13(11-16(15)24-18(19)20)21-17(22)10-5-12-3-7-14(25-2)8-4-12/h3-11,18H,1-2H3,(H,21,22)/b10-5+. The van der Waals surface area contributed by atoms with Crippen molar-refractivity contribution in [1.29, 1.82) is 0 Å². The van der Waals surface area contributed by atoms with Gasteiger partial charge in [-0.1, -0.05) is 12.1 Å². The number of hydrogen-bond donors (Lipinski definition) is 1. The van der Waals surface area contributed by atoms with Gasteiger partial charge in [0.15, 0.2) is 11.5 Å². The van der Waals surface area contributed by atoms with E-state index < -0.39 is 6.61 Å². The number of carbonyl (C=O) groups is 1. The molecule has 7 heteroatoms. The molecule has 0 aliphatic rings.